The van der Waals surface area contributed by atoms with Crippen LogP contribution in [0.3, 0.4) is 0 Å². The standard InChI is InChI=1S/C14H13N3O4S2/c1-9-8-10(23(20,21)16-14-15-6-7-22-14)2-3-11(9)17-12(18)4-5-13(17)19/h2-3,6-8H,4-5H2,1H3,(H,15,16). The summed E-state index contributed by atoms with van der Waals surface area (Å²) < 4.78 is 27.0. The minimum atomic E-state index is -3.76. The lowest BCUT2D eigenvalue weighted by molar-refractivity contribution is -0.121. The first-order chi connectivity index (χ1) is 10.9. The zero-order valence-electron chi connectivity index (χ0n) is 12.1. The summed E-state index contributed by atoms with van der Waals surface area (Å²) in [5, 5.41) is 1.94. The van der Waals surface area contributed by atoms with Crippen molar-refractivity contribution in [2.24, 2.45) is 0 Å². The quantitative estimate of drug-likeness (QED) is 0.849. The summed E-state index contributed by atoms with van der Waals surface area (Å²) in [7, 11) is -3.76. The van der Waals surface area contributed by atoms with Gasteiger partial charge in [0.15, 0.2) is 5.13 Å². The van der Waals surface area contributed by atoms with Crippen molar-refractivity contribution in [2.45, 2.75) is 24.7 Å². The zero-order chi connectivity index (χ0) is 16.6. The highest BCUT2D eigenvalue weighted by Gasteiger charge is 2.31. The van der Waals surface area contributed by atoms with Crippen molar-refractivity contribution in [1.29, 1.82) is 0 Å². The Labute approximate surface area is 137 Å². The first-order valence-electron chi connectivity index (χ1n) is 6.77. The Balaban J connectivity index is 1.93. The van der Waals surface area contributed by atoms with Crippen molar-refractivity contribution >= 4 is 44.0 Å². The molecule has 0 saturated carbocycles. The molecule has 0 bridgehead atoms. The van der Waals surface area contributed by atoms with Crippen molar-refractivity contribution in [3.63, 3.8) is 0 Å². The normalized spacial score (nSPS) is 15.3. The molecule has 7 nitrogen and oxygen atoms in total. The SMILES string of the molecule is Cc1cc(S(=O)(=O)Nc2nccs2)ccc1N1C(=O)CCC1=O. The molecule has 1 aliphatic rings. The van der Waals surface area contributed by atoms with Gasteiger partial charge in [0.2, 0.25) is 11.8 Å². The number of nitrogens with zero attached hydrogens (tertiary/aromatic N) is 2. The molecular weight excluding hydrogens is 338 g/mol. The molecule has 1 aliphatic heterocycles. The molecule has 23 heavy (non-hydrogen) atoms. The Bertz CT molecular complexity index is 859. The molecule has 3 rings (SSSR count). The van der Waals surface area contributed by atoms with Crippen LogP contribution >= 0.6 is 11.3 Å². The monoisotopic (exact) mass is 351 g/mol. The van der Waals surface area contributed by atoms with Crippen LogP contribution in [0.15, 0.2) is 34.7 Å². The van der Waals surface area contributed by atoms with E-state index in [0.717, 1.165) is 4.90 Å². The molecule has 0 radical (unpaired) electrons. The highest BCUT2D eigenvalue weighted by atomic mass is 32.2. The third-order valence-corrected chi connectivity index (χ3v) is 5.58. The van der Waals surface area contributed by atoms with E-state index in [1.54, 1.807) is 12.3 Å². The number of hydrogen-bond donors (Lipinski definition) is 1. The van der Waals surface area contributed by atoms with Crippen LogP contribution in [0.1, 0.15) is 18.4 Å². The molecule has 0 aliphatic carbocycles. The van der Waals surface area contributed by atoms with E-state index in [-0.39, 0.29) is 34.7 Å². The highest BCUT2D eigenvalue weighted by molar-refractivity contribution is 7.93. The summed E-state index contributed by atoms with van der Waals surface area (Å²) >= 11 is 1.17. The second-order valence-corrected chi connectivity index (χ2v) is 7.59. The molecule has 1 aromatic carbocycles. The first-order valence-corrected chi connectivity index (χ1v) is 9.13. The molecule has 9 heteroatoms. The van der Waals surface area contributed by atoms with Crippen LogP contribution < -0.4 is 9.62 Å². The number of carbonyl (C=O) groups is 2. The van der Waals surface area contributed by atoms with Crippen LogP contribution in [0, 0.1) is 6.92 Å². The third-order valence-electron chi connectivity index (χ3n) is 3.42. The van der Waals surface area contributed by atoms with Crippen molar-refractivity contribution in [1.82, 2.24) is 4.98 Å². The topological polar surface area (TPSA) is 96.4 Å². The predicted molar refractivity (Wildman–Crippen MR) is 85.8 cm³/mol. The number of aromatic nitrogens is 1. The maximum Gasteiger partial charge on any atom is 0.263 e. The Morgan fingerprint density at radius 3 is 2.48 bits per heavy atom. The number of sulfonamides is 1. The van der Waals surface area contributed by atoms with E-state index in [4.69, 9.17) is 0 Å². The Morgan fingerprint density at radius 2 is 1.91 bits per heavy atom. The van der Waals surface area contributed by atoms with E-state index in [9.17, 15) is 18.0 Å². The van der Waals surface area contributed by atoms with E-state index in [1.807, 2.05) is 0 Å². The number of benzene rings is 1. The average molecular weight is 351 g/mol. The van der Waals surface area contributed by atoms with E-state index in [1.165, 1.54) is 35.7 Å². The van der Waals surface area contributed by atoms with Gasteiger partial charge >= 0.3 is 0 Å². The van der Waals surface area contributed by atoms with Crippen LogP contribution in [0.5, 0.6) is 0 Å². The fraction of sp³-hybridized carbons (Fsp3) is 0.214. The summed E-state index contributed by atoms with van der Waals surface area (Å²) in [6.45, 7) is 1.66. The van der Waals surface area contributed by atoms with Gasteiger partial charge in [-0.2, -0.15) is 0 Å². The smallest absolute Gasteiger partial charge is 0.263 e. The van der Waals surface area contributed by atoms with Gasteiger partial charge < -0.3 is 0 Å². The molecular formula is C14H13N3O4S2. The van der Waals surface area contributed by atoms with E-state index in [0.29, 0.717) is 11.3 Å². The zero-order valence-corrected chi connectivity index (χ0v) is 13.8. The van der Waals surface area contributed by atoms with Crippen molar-refractivity contribution in [3.8, 4) is 0 Å². The number of rotatable bonds is 4. The summed E-state index contributed by atoms with van der Waals surface area (Å²) in [4.78, 5) is 28.6. The number of amides is 2. The van der Waals surface area contributed by atoms with Gasteiger partial charge in [0, 0.05) is 24.4 Å². The number of anilines is 2. The molecule has 120 valence electrons. The predicted octanol–water partition coefficient (Wildman–Crippen LogP) is 1.91. The van der Waals surface area contributed by atoms with E-state index >= 15 is 0 Å². The average Bonchev–Trinajstić information content (AvgIpc) is 3.09. The first kappa shape index (κ1) is 15.6. The fourth-order valence-corrected chi connectivity index (χ4v) is 4.21. The van der Waals surface area contributed by atoms with E-state index < -0.39 is 10.0 Å². The number of nitrogens with one attached hydrogen (secondary N) is 1. The fourth-order valence-electron chi connectivity index (χ4n) is 2.34. The van der Waals surface area contributed by atoms with Gasteiger partial charge in [0.1, 0.15) is 0 Å². The number of aryl methyl sites for hydroxylation is 1. The largest absolute Gasteiger partial charge is 0.274 e. The molecule has 1 aromatic heterocycles. The molecule has 2 amide bonds. The molecule has 2 aromatic rings. The van der Waals surface area contributed by atoms with Gasteiger partial charge in [-0.3, -0.25) is 19.2 Å². The minimum absolute atomic E-state index is 0.0491. The van der Waals surface area contributed by atoms with E-state index in [2.05, 4.69) is 9.71 Å². The van der Waals surface area contributed by atoms with Crippen LogP contribution in [0.25, 0.3) is 0 Å². The maximum atomic E-state index is 12.3. The van der Waals surface area contributed by atoms with Crippen molar-refractivity contribution in [2.75, 3.05) is 9.62 Å². The van der Waals surface area contributed by atoms with Crippen LogP contribution in [0.2, 0.25) is 0 Å². The molecule has 0 atom stereocenters. The number of thiazole rings is 1. The Morgan fingerprint density at radius 1 is 1.22 bits per heavy atom. The van der Waals surface area contributed by atoms with Gasteiger partial charge in [0.05, 0.1) is 10.6 Å². The maximum absolute atomic E-state index is 12.3. The molecule has 0 unspecified atom stereocenters. The molecule has 1 fully saturated rings. The van der Waals surface area contributed by atoms with Crippen LogP contribution in [0.4, 0.5) is 10.8 Å². The van der Waals surface area contributed by atoms with Gasteiger partial charge in [-0.1, -0.05) is 0 Å². The molecule has 1 N–H and O–H groups in total. The lowest BCUT2D eigenvalue weighted by atomic mass is 10.2. The number of hydrogen-bond acceptors (Lipinski definition) is 6. The second-order valence-electron chi connectivity index (χ2n) is 5.01. The Hall–Kier alpha value is -2.26. The number of carbonyl (C=O) groups excluding carboxylic acids is 2. The summed E-state index contributed by atoms with van der Waals surface area (Å²) in [5.74, 6) is -0.538. The van der Waals surface area contributed by atoms with Gasteiger partial charge in [-0.15, -0.1) is 11.3 Å². The van der Waals surface area contributed by atoms with Crippen molar-refractivity contribution < 1.29 is 18.0 Å². The molecule has 1 saturated heterocycles. The second kappa shape index (κ2) is 5.74. The van der Waals surface area contributed by atoms with Gasteiger partial charge in [0.25, 0.3) is 10.0 Å². The third kappa shape index (κ3) is 2.97. The summed E-state index contributed by atoms with van der Waals surface area (Å²) in [6.07, 6.45) is 1.87. The lowest BCUT2D eigenvalue weighted by Gasteiger charge is -2.17. The lowest BCUT2D eigenvalue weighted by Crippen LogP contribution is -2.29. The van der Waals surface area contributed by atoms with Gasteiger partial charge in [-0.05, 0) is 30.7 Å². The number of imide groups is 1. The summed E-state index contributed by atoms with van der Waals surface area (Å²) in [6, 6.07) is 4.29. The molecule has 2 heterocycles. The molecule has 0 spiro atoms. The van der Waals surface area contributed by atoms with Crippen LogP contribution in [-0.2, 0) is 19.6 Å². The minimum Gasteiger partial charge on any atom is -0.274 e. The van der Waals surface area contributed by atoms with Crippen LogP contribution in [-0.4, -0.2) is 25.2 Å². The van der Waals surface area contributed by atoms with Crippen molar-refractivity contribution in [3.05, 3.63) is 35.3 Å². The Kier molecular flexibility index (Phi) is 3.90. The highest BCUT2D eigenvalue weighted by Crippen LogP contribution is 2.28. The summed E-state index contributed by atoms with van der Waals surface area (Å²) in [5.41, 5.74) is 0.960. The van der Waals surface area contributed by atoms with Gasteiger partial charge in [-0.25, -0.2) is 13.4 Å².